The molecule has 0 aromatic heterocycles. The average molecular weight is 276 g/mol. The fourth-order valence-electron chi connectivity index (χ4n) is 1.98. The summed E-state index contributed by atoms with van der Waals surface area (Å²) in [5.41, 5.74) is 0.944. The number of hydrogen-bond acceptors (Lipinski definition) is 4. The lowest BCUT2D eigenvalue weighted by Crippen LogP contribution is -2.51. The highest BCUT2D eigenvalue weighted by Gasteiger charge is 2.20. The van der Waals surface area contributed by atoms with E-state index in [-0.39, 0.29) is 11.9 Å². The van der Waals surface area contributed by atoms with Gasteiger partial charge in [0.2, 0.25) is 5.91 Å². The number of carbonyl (C=O) groups excluding carboxylic acids is 1. The van der Waals surface area contributed by atoms with Gasteiger partial charge in [0.15, 0.2) is 0 Å². The van der Waals surface area contributed by atoms with Crippen LogP contribution >= 0.6 is 0 Å². The number of para-hydroxylation sites is 1. The van der Waals surface area contributed by atoms with Gasteiger partial charge in [0, 0.05) is 18.7 Å². The first kappa shape index (κ1) is 14.6. The quantitative estimate of drug-likeness (QED) is 0.757. The molecule has 108 valence electrons. The molecule has 1 heterocycles. The van der Waals surface area contributed by atoms with E-state index in [0.29, 0.717) is 32.9 Å². The standard InChI is InChI=1S/C15H20N2O3/c1-2-8-20-14-6-4-3-5-12(14)10-17-15(18)13-11-19-9-7-16-13/h2-6,13,16H,1,7-11H2,(H,17,18). The Labute approximate surface area is 119 Å². The van der Waals surface area contributed by atoms with Gasteiger partial charge in [-0.2, -0.15) is 0 Å². The second-order valence-electron chi connectivity index (χ2n) is 4.51. The molecule has 0 aliphatic carbocycles. The van der Waals surface area contributed by atoms with Crippen molar-refractivity contribution >= 4 is 5.91 Å². The van der Waals surface area contributed by atoms with Gasteiger partial charge < -0.3 is 20.1 Å². The monoisotopic (exact) mass is 276 g/mol. The van der Waals surface area contributed by atoms with Gasteiger partial charge in [-0.25, -0.2) is 0 Å². The maximum absolute atomic E-state index is 12.0. The Morgan fingerprint density at radius 2 is 2.40 bits per heavy atom. The summed E-state index contributed by atoms with van der Waals surface area (Å²) in [6, 6.07) is 7.37. The third kappa shape index (κ3) is 4.08. The lowest BCUT2D eigenvalue weighted by molar-refractivity contribution is -0.126. The summed E-state index contributed by atoms with van der Waals surface area (Å²) in [6.45, 7) is 6.28. The summed E-state index contributed by atoms with van der Waals surface area (Å²) in [5, 5.41) is 6.02. The Hall–Kier alpha value is -1.85. The van der Waals surface area contributed by atoms with Crippen molar-refractivity contribution in [2.75, 3.05) is 26.4 Å². The summed E-state index contributed by atoms with van der Waals surface area (Å²) in [4.78, 5) is 12.0. The fourth-order valence-corrected chi connectivity index (χ4v) is 1.98. The smallest absolute Gasteiger partial charge is 0.239 e. The van der Waals surface area contributed by atoms with E-state index in [2.05, 4.69) is 17.2 Å². The molecule has 1 aliphatic heterocycles. The highest BCUT2D eigenvalue weighted by atomic mass is 16.5. The van der Waals surface area contributed by atoms with Gasteiger partial charge in [-0.1, -0.05) is 30.9 Å². The van der Waals surface area contributed by atoms with Crippen molar-refractivity contribution in [2.45, 2.75) is 12.6 Å². The van der Waals surface area contributed by atoms with E-state index in [4.69, 9.17) is 9.47 Å². The van der Waals surface area contributed by atoms with E-state index in [9.17, 15) is 4.79 Å². The van der Waals surface area contributed by atoms with Crippen molar-refractivity contribution in [1.29, 1.82) is 0 Å². The van der Waals surface area contributed by atoms with Gasteiger partial charge in [0.1, 0.15) is 18.4 Å². The van der Waals surface area contributed by atoms with Gasteiger partial charge in [-0.05, 0) is 6.07 Å². The summed E-state index contributed by atoms with van der Waals surface area (Å²) in [5.74, 6) is 0.712. The first-order valence-corrected chi connectivity index (χ1v) is 6.71. The molecule has 2 rings (SSSR count). The van der Waals surface area contributed by atoms with Crippen LogP contribution in [0.4, 0.5) is 0 Å². The van der Waals surface area contributed by atoms with E-state index >= 15 is 0 Å². The van der Waals surface area contributed by atoms with Crippen molar-refractivity contribution in [3.63, 3.8) is 0 Å². The lowest BCUT2D eigenvalue weighted by atomic mass is 10.2. The minimum atomic E-state index is -0.273. The number of carbonyl (C=O) groups is 1. The maximum Gasteiger partial charge on any atom is 0.239 e. The molecule has 1 aromatic carbocycles. The summed E-state index contributed by atoms with van der Waals surface area (Å²) < 4.78 is 10.8. The zero-order valence-corrected chi connectivity index (χ0v) is 11.4. The van der Waals surface area contributed by atoms with Crippen molar-refractivity contribution in [3.8, 4) is 5.75 Å². The Bertz CT molecular complexity index is 456. The van der Waals surface area contributed by atoms with Crippen LogP contribution in [0.2, 0.25) is 0 Å². The Morgan fingerprint density at radius 1 is 1.55 bits per heavy atom. The Morgan fingerprint density at radius 3 is 3.15 bits per heavy atom. The summed E-state index contributed by atoms with van der Waals surface area (Å²) in [6.07, 6.45) is 1.69. The maximum atomic E-state index is 12.0. The first-order valence-electron chi connectivity index (χ1n) is 6.71. The van der Waals surface area contributed by atoms with Crippen LogP contribution in [0.3, 0.4) is 0 Å². The zero-order chi connectivity index (χ0) is 14.2. The molecular formula is C15H20N2O3. The van der Waals surface area contributed by atoms with Crippen LogP contribution in [0, 0.1) is 0 Å². The molecule has 1 fully saturated rings. The molecule has 1 aliphatic rings. The molecule has 0 spiro atoms. The minimum absolute atomic E-state index is 0.0526. The number of hydrogen-bond donors (Lipinski definition) is 2. The zero-order valence-electron chi connectivity index (χ0n) is 11.4. The molecule has 0 saturated carbocycles. The topological polar surface area (TPSA) is 59.6 Å². The van der Waals surface area contributed by atoms with Crippen molar-refractivity contribution < 1.29 is 14.3 Å². The molecule has 20 heavy (non-hydrogen) atoms. The Balaban J connectivity index is 1.89. The molecule has 1 amide bonds. The molecule has 1 saturated heterocycles. The molecule has 0 radical (unpaired) electrons. The number of amides is 1. The highest BCUT2D eigenvalue weighted by Crippen LogP contribution is 2.17. The third-order valence-corrected chi connectivity index (χ3v) is 3.02. The van der Waals surface area contributed by atoms with E-state index in [1.165, 1.54) is 0 Å². The highest BCUT2D eigenvalue weighted by molar-refractivity contribution is 5.82. The van der Waals surface area contributed by atoms with Crippen molar-refractivity contribution in [1.82, 2.24) is 10.6 Å². The number of ether oxygens (including phenoxy) is 2. The van der Waals surface area contributed by atoms with Gasteiger partial charge in [0.05, 0.1) is 13.2 Å². The second kappa shape index (κ2) is 7.67. The van der Waals surface area contributed by atoms with E-state index < -0.39 is 0 Å². The van der Waals surface area contributed by atoms with E-state index in [1.807, 2.05) is 24.3 Å². The largest absolute Gasteiger partial charge is 0.489 e. The fraction of sp³-hybridized carbons (Fsp3) is 0.400. The number of benzene rings is 1. The predicted octanol–water partition coefficient (Wildman–Crippen LogP) is 0.856. The molecule has 1 atom stereocenters. The Kier molecular flexibility index (Phi) is 5.58. The number of rotatable bonds is 6. The predicted molar refractivity (Wildman–Crippen MR) is 76.6 cm³/mol. The first-order chi connectivity index (χ1) is 9.81. The van der Waals surface area contributed by atoms with Crippen LogP contribution in [0.5, 0.6) is 5.75 Å². The minimum Gasteiger partial charge on any atom is -0.489 e. The van der Waals surface area contributed by atoms with E-state index in [1.54, 1.807) is 6.08 Å². The van der Waals surface area contributed by atoms with Gasteiger partial charge in [0.25, 0.3) is 0 Å². The molecule has 5 nitrogen and oxygen atoms in total. The van der Waals surface area contributed by atoms with Gasteiger partial charge in [-0.3, -0.25) is 4.79 Å². The molecular weight excluding hydrogens is 256 g/mol. The molecule has 5 heteroatoms. The molecule has 2 N–H and O–H groups in total. The lowest BCUT2D eigenvalue weighted by Gasteiger charge is -2.23. The average Bonchev–Trinajstić information content (AvgIpc) is 2.52. The third-order valence-electron chi connectivity index (χ3n) is 3.02. The van der Waals surface area contributed by atoms with E-state index in [0.717, 1.165) is 11.3 Å². The van der Waals surface area contributed by atoms with Crippen LogP contribution in [-0.2, 0) is 16.1 Å². The second-order valence-corrected chi connectivity index (χ2v) is 4.51. The summed E-state index contributed by atoms with van der Waals surface area (Å²) in [7, 11) is 0. The van der Waals surface area contributed by atoms with Crippen LogP contribution in [0.25, 0.3) is 0 Å². The molecule has 1 aromatic rings. The van der Waals surface area contributed by atoms with Crippen molar-refractivity contribution in [3.05, 3.63) is 42.5 Å². The number of morpholine rings is 1. The van der Waals surface area contributed by atoms with Crippen LogP contribution in [0.1, 0.15) is 5.56 Å². The molecule has 1 unspecified atom stereocenters. The molecule has 0 bridgehead atoms. The SMILES string of the molecule is C=CCOc1ccccc1CNC(=O)C1COCCN1. The van der Waals surface area contributed by atoms with Crippen LogP contribution in [-0.4, -0.2) is 38.3 Å². The normalized spacial score (nSPS) is 18.3. The van der Waals surface area contributed by atoms with Crippen molar-refractivity contribution in [2.24, 2.45) is 0 Å². The van der Waals surface area contributed by atoms with Crippen LogP contribution < -0.4 is 15.4 Å². The number of nitrogens with one attached hydrogen (secondary N) is 2. The van der Waals surface area contributed by atoms with Crippen LogP contribution in [0.15, 0.2) is 36.9 Å². The van der Waals surface area contributed by atoms with Gasteiger partial charge >= 0.3 is 0 Å². The summed E-state index contributed by atoms with van der Waals surface area (Å²) >= 11 is 0. The van der Waals surface area contributed by atoms with Gasteiger partial charge in [-0.15, -0.1) is 0 Å².